The lowest BCUT2D eigenvalue weighted by molar-refractivity contribution is 1.05. The molecule has 3 nitrogen and oxygen atoms in total. The molecule has 4 heteroatoms. The lowest BCUT2D eigenvalue weighted by atomic mass is 11.2. The molecule has 0 saturated heterocycles. The largest absolute Gasteiger partial charge is 0.375 e. The van der Waals surface area contributed by atoms with E-state index < -0.39 is 0 Å². The Labute approximate surface area is 41.2 Å². The molecular weight excluding hydrogens is 98.1 g/mol. The van der Waals surface area contributed by atoms with Gasteiger partial charge in [-0.2, -0.15) is 5.10 Å². The molecule has 6 heavy (non-hydrogen) atoms. The van der Waals surface area contributed by atoms with E-state index in [-0.39, 0.29) is 5.11 Å². The zero-order valence-corrected chi connectivity index (χ0v) is 3.96. The van der Waals surface area contributed by atoms with E-state index in [1.54, 1.807) is 0 Å². The van der Waals surface area contributed by atoms with Crippen molar-refractivity contribution in [1.29, 1.82) is 0 Å². The molecule has 0 aromatic carbocycles. The van der Waals surface area contributed by atoms with Crippen molar-refractivity contribution >= 4 is 24.0 Å². The van der Waals surface area contributed by atoms with Crippen LogP contribution < -0.4 is 11.2 Å². The van der Waals surface area contributed by atoms with Crippen LogP contribution in [0.3, 0.4) is 0 Å². The zero-order valence-electron chi connectivity index (χ0n) is 3.14. The van der Waals surface area contributed by atoms with Crippen LogP contribution in [-0.2, 0) is 0 Å². The minimum atomic E-state index is 0.144. The summed E-state index contributed by atoms with van der Waals surface area (Å²) in [5.74, 6) is 0. The first-order valence-electron chi connectivity index (χ1n) is 1.28. The molecule has 0 aromatic rings. The van der Waals surface area contributed by atoms with Gasteiger partial charge in [-0.15, -0.1) is 0 Å². The standard InChI is InChI=1S/C2H5N3S/c1-4-5-2(3)6/h1H2,(H3,3,5,6). The third-order valence-corrected chi connectivity index (χ3v) is 0.281. The fourth-order valence-electron chi connectivity index (χ4n) is 0.0779. The molecule has 0 aliphatic rings. The molecular formula is C2H5N3S. The van der Waals surface area contributed by atoms with E-state index in [9.17, 15) is 0 Å². The maximum absolute atomic E-state index is 4.89. The molecule has 0 saturated carbocycles. The molecule has 34 valence electrons. The van der Waals surface area contributed by atoms with Gasteiger partial charge in [0.05, 0.1) is 0 Å². The molecule has 0 rings (SSSR count). The molecule has 0 aliphatic heterocycles. The maximum Gasteiger partial charge on any atom is 0.184 e. The molecule has 0 bridgehead atoms. The lowest BCUT2D eigenvalue weighted by Gasteiger charge is -1.87. The lowest BCUT2D eigenvalue weighted by Crippen LogP contribution is -2.23. The van der Waals surface area contributed by atoms with Gasteiger partial charge >= 0.3 is 0 Å². The first kappa shape index (κ1) is 5.36. The Bertz CT molecular complexity index is 69.2. The average Bonchev–Trinajstić information content (AvgIpc) is 1.35. The Balaban J connectivity index is 3.05. The number of hydrogen-bond acceptors (Lipinski definition) is 2. The fourth-order valence-corrected chi connectivity index (χ4v) is 0.142. The molecule has 0 atom stereocenters. The summed E-state index contributed by atoms with van der Waals surface area (Å²) >= 11 is 4.33. The molecule has 0 unspecified atom stereocenters. The smallest absolute Gasteiger partial charge is 0.184 e. The number of nitrogens with one attached hydrogen (secondary N) is 1. The second kappa shape index (κ2) is 2.59. The van der Waals surface area contributed by atoms with Crippen molar-refractivity contribution in [3.8, 4) is 0 Å². The highest BCUT2D eigenvalue weighted by Gasteiger charge is 1.71. The van der Waals surface area contributed by atoms with Crippen LogP contribution >= 0.6 is 12.2 Å². The van der Waals surface area contributed by atoms with Gasteiger partial charge in [0.25, 0.3) is 0 Å². The van der Waals surface area contributed by atoms with E-state index in [0.29, 0.717) is 0 Å². The summed E-state index contributed by atoms with van der Waals surface area (Å²) in [6.45, 7) is 3.07. The van der Waals surface area contributed by atoms with Gasteiger partial charge in [-0.1, -0.05) is 0 Å². The van der Waals surface area contributed by atoms with Crippen molar-refractivity contribution in [1.82, 2.24) is 5.43 Å². The number of nitrogens with zero attached hydrogens (tertiary/aromatic N) is 1. The summed E-state index contributed by atoms with van der Waals surface area (Å²) in [6, 6.07) is 0. The summed E-state index contributed by atoms with van der Waals surface area (Å²) in [5.41, 5.74) is 7.12. The average molecular weight is 103 g/mol. The summed E-state index contributed by atoms with van der Waals surface area (Å²) in [5, 5.41) is 3.31. The van der Waals surface area contributed by atoms with E-state index >= 15 is 0 Å². The van der Waals surface area contributed by atoms with Gasteiger partial charge in [-0.05, 0) is 12.2 Å². The summed E-state index contributed by atoms with van der Waals surface area (Å²) in [7, 11) is 0. The second-order valence-corrected chi connectivity index (χ2v) is 1.07. The molecule has 0 fully saturated rings. The Hall–Kier alpha value is -0.640. The van der Waals surface area contributed by atoms with Crippen LogP contribution in [0.15, 0.2) is 5.10 Å². The third-order valence-electron chi connectivity index (χ3n) is 0.189. The van der Waals surface area contributed by atoms with Gasteiger partial charge in [0.1, 0.15) is 0 Å². The molecule has 0 aromatic heterocycles. The topological polar surface area (TPSA) is 50.4 Å². The quantitative estimate of drug-likeness (QED) is 0.265. The number of hydrazone groups is 1. The Morgan fingerprint density at radius 3 is 2.50 bits per heavy atom. The van der Waals surface area contributed by atoms with Crippen molar-refractivity contribution in [3.63, 3.8) is 0 Å². The Kier molecular flexibility index (Phi) is 2.31. The van der Waals surface area contributed by atoms with Gasteiger partial charge in [0.2, 0.25) is 0 Å². The summed E-state index contributed by atoms with van der Waals surface area (Å²) in [4.78, 5) is 0. The predicted octanol–water partition coefficient (Wildman–Crippen LogP) is -0.565. The first-order valence-corrected chi connectivity index (χ1v) is 1.69. The minimum Gasteiger partial charge on any atom is -0.375 e. The summed E-state index contributed by atoms with van der Waals surface area (Å²) in [6.07, 6.45) is 0. The fraction of sp³-hybridized carbons (Fsp3) is 0. The van der Waals surface area contributed by atoms with E-state index in [1.165, 1.54) is 0 Å². The van der Waals surface area contributed by atoms with Crippen LogP contribution in [0, 0.1) is 0 Å². The van der Waals surface area contributed by atoms with Crippen molar-refractivity contribution in [2.45, 2.75) is 0 Å². The normalized spacial score (nSPS) is 6.67. The van der Waals surface area contributed by atoms with Crippen LogP contribution in [0.1, 0.15) is 0 Å². The number of rotatable bonds is 1. The van der Waals surface area contributed by atoms with Gasteiger partial charge in [-0.25, -0.2) is 0 Å². The van der Waals surface area contributed by atoms with Crippen molar-refractivity contribution in [2.24, 2.45) is 10.8 Å². The van der Waals surface area contributed by atoms with E-state index in [0.717, 1.165) is 0 Å². The van der Waals surface area contributed by atoms with E-state index in [1.807, 2.05) is 0 Å². The van der Waals surface area contributed by atoms with E-state index in [2.05, 4.69) is 29.5 Å². The molecule has 0 heterocycles. The molecule has 3 N–H and O–H groups in total. The van der Waals surface area contributed by atoms with Crippen molar-refractivity contribution in [2.75, 3.05) is 0 Å². The van der Waals surface area contributed by atoms with Crippen LogP contribution in [0.4, 0.5) is 0 Å². The molecule has 0 radical (unpaired) electrons. The highest BCUT2D eigenvalue weighted by molar-refractivity contribution is 7.80. The van der Waals surface area contributed by atoms with Crippen molar-refractivity contribution < 1.29 is 0 Å². The second-order valence-electron chi connectivity index (χ2n) is 0.634. The highest BCUT2D eigenvalue weighted by atomic mass is 32.1. The molecule has 0 amide bonds. The van der Waals surface area contributed by atoms with Crippen molar-refractivity contribution in [3.05, 3.63) is 0 Å². The van der Waals surface area contributed by atoms with Crippen LogP contribution in [0.25, 0.3) is 0 Å². The highest BCUT2D eigenvalue weighted by Crippen LogP contribution is 1.51. The number of thiocarbonyl (C=S) groups is 1. The van der Waals surface area contributed by atoms with Crippen LogP contribution in [0.5, 0.6) is 0 Å². The third kappa shape index (κ3) is 3.36. The maximum atomic E-state index is 4.89. The number of nitrogens with two attached hydrogens (primary N) is 1. The minimum absolute atomic E-state index is 0.144. The predicted molar refractivity (Wildman–Crippen MR) is 29.5 cm³/mol. The van der Waals surface area contributed by atoms with Gasteiger partial charge in [-0.3, -0.25) is 5.43 Å². The monoisotopic (exact) mass is 103 g/mol. The van der Waals surface area contributed by atoms with E-state index in [4.69, 9.17) is 5.73 Å². The van der Waals surface area contributed by atoms with Gasteiger partial charge < -0.3 is 5.73 Å². The first-order chi connectivity index (χ1) is 2.77. The van der Waals surface area contributed by atoms with Gasteiger partial charge in [0, 0.05) is 6.72 Å². The molecule has 0 spiro atoms. The Morgan fingerprint density at radius 2 is 2.50 bits per heavy atom. The van der Waals surface area contributed by atoms with Gasteiger partial charge in [0.15, 0.2) is 5.11 Å². The SMILES string of the molecule is C=NNC(N)=S. The number of hydrogen-bond donors (Lipinski definition) is 2. The van der Waals surface area contributed by atoms with Crippen LogP contribution in [-0.4, -0.2) is 11.8 Å². The zero-order chi connectivity index (χ0) is 4.99. The Morgan fingerprint density at radius 1 is 2.00 bits per heavy atom. The molecule has 0 aliphatic carbocycles. The summed E-state index contributed by atoms with van der Waals surface area (Å²) < 4.78 is 0. The van der Waals surface area contributed by atoms with Crippen LogP contribution in [0.2, 0.25) is 0 Å².